The molecule has 172 valence electrons. The number of nitrogens with zero attached hydrogens (tertiary/aromatic N) is 3. The van der Waals surface area contributed by atoms with Gasteiger partial charge in [-0.3, -0.25) is 4.79 Å². The van der Waals surface area contributed by atoms with Crippen LogP contribution < -0.4 is 15.5 Å². The fraction of sp³-hybridized carbons (Fsp3) is 0.360. The summed E-state index contributed by atoms with van der Waals surface area (Å²) in [6.45, 7) is 5.11. The standard InChI is InChI=1S/C25H28ClN5OS/c1-30-10-12-31(13-11-30)19-6-8-22-23(16-19)33-25(28-22)29-24(32)14-17-4-2-3-9-27-21-7-5-18(26)15-20(17)21/h4-8,15-16,27H,2-3,9-14H2,1H3,(H,28,29,32)/b17-4-. The van der Waals surface area contributed by atoms with E-state index in [0.717, 1.165) is 72.6 Å². The first-order valence-electron chi connectivity index (χ1n) is 11.4. The smallest absolute Gasteiger partial charge is 0.230 e. The Labute approximate surface area is 203 Å². The van der Waals surface area contributed by atoms with E-state index in [1.54, 1.807) is 0 Å². The average molecular weight is 482 g/mol. The predicted octanol–water partition coefficient (Wildman–Crippen LogP) is 5.32. The zero-order chi connectivity index (χ0) is 22.8. The molecule has 0 spiro atoms. The molecule has 0 aliphatic carbocycles. The van der Waals surface area contributed by atoms with E-state index in [9.17, 15) is 4.79 Å². The minimum atomic E-state index is -0.0638. The monoisotopic (exact) mass is 481 g/mol. The van der Waals surface area contributed by atoms with Gasteiger partial charge in [0.2, 0.25) is 5.91 Å². The number of hydrogen-bond donors (Lipinski definition) is 2. The van der Waals surface area contributed by atoms with E-state index in [2.05, 4.69) is 56.7 Å². The quantitative estimate of drug-likeness (QED) is 0.528. The van der Waals surface area contributed by atoms with Crippen LogP contribution in [0.3, 0.4) is 0 Å². The molecular weight excluding hydrogens is 454 g/mol. The molecule has 1 aromatic heterocycles. The lowest BCUT2D eigenvalue weighted by Gasteiger charge is -2.34. The van der Waals surface area contributed by atoms with Crippen molar-refractivity contribution in [1.82, 2.24) is 9.88 Å². The normalized spacial score (nSPS) is 18.6. The van der Waals surface area contributed by atoms with Gasteiger partial charge in [0.15, 0.2) is 5.13 Å². The Balaban J connectivity index is 1.31. The zero-order valence-electron chi connectivity index (χ0n) is 18.7. The predicted molar refractivity (Wildman–Crippen MR) is 140 cm³/mol. The molecule has 2 aliphatic heterocycles. The summed E-state index contributed by atoms with van der Waals surface area (Å²) in [6.07, 6.45) is 4.41. The fourth-order valence-electron chi connectivity index (χ4n) is 4.38. The SMILES string of the molecule is CN1CCN(c2ccc3nc(NC(=O)C/C4=C/CCCNc5ccc(Cl)cc54)sc3c2)CC1. The molecule has 6 nitrogen and oxygen atoms in total. The summed E-state index contributed by atoms with van der Waals surface area (Å²) < 4.78 is 1.09. The van der Waals surface area contributed by atoms with Crippen molar-refractivity contribution in [2.45, 2.75) is 19.3 Å². The molecule has 1 saturated heterocycles. The Morgan fingerprint density at radius 3 is 2.88 bits per heavy atom. The van der Waals surface area contributed by atoms with Crippen LogP contribution in [-0.4, -0.2) is 55.6 Å². The largest absolute Gasteiger partial charge is 0.385 e. The number of aromatic nitrogens is 1. The van der Waals surface area contributed by atoms with Crippen LogP contribution in [0.1, 0.15) is 24.8 Å². The molecule has 33 heavy (non-hydrogen) atoms. The summed E-state index contributed by atoms with van der Waals surface area (Å²) >= 11 is 7.78. The van der Waals surface area contributed by atoms with Crippen LogP contribution in [0.2, 0.25) is 5.02 Å². The topological polar surface area (TPSA) is 60.5 Å². The van der Waals surface area contributed by atoms with Crippen molar-refractivity contribution in [1.29, 1.82) is 0 Å². The number of piperazine rings is 1. The Hall–Kier alpha value is -2.61. The average Bonchev–Trinajstić information content (AvgIpc) is 3.19. The van der Waals surface area contributed by atoms with E-state index in [1.165, 1.54) is 17.0 Å². The van der Waals surface area contributed by atoms with Crippen LogP contribution in [0.4, 0.5) is 16.5 Å². The van der Waals surface area contributed by atoms with Crippen LogP contribution >= 0.6 is 22.9 Å². The van der Waals surface area contributed by atoms with Gasteiger partial charge in [0, 0.05) is 54.7 Å². The number of rotatable bonds is 4. The molecule has 0 bridgehead atoms. The second-order valence-corrected chi connectivity index (χ2v) is 10.1. The second-order valence-electron chi connectivity index (χ2n) is 8.67. The molecule has 1 fully saturated rings. The first-order valence-corrected chi connectivity index (χ1v) is 12.6. The summed E-state index contributed by atoms with van der Waals surface area (Å²) in [5.41, 5.74) is 5.15. The Morgan fingerprint density at radius 2 is 2.03 bits per heavy atom. The van der Waals surface area contributed by atoms with Crippen LogP contribution in [0.25, 0.3) is 15.8 Å². The molecule has 0 unspecified atom stereocenters. The summed E-state index contributed by atoms with van der Waals surface area (Å²) in [5, 5.41) is 7.78. The maximum absolute atomic E-state index is 12.9. The summed E-state index contributed by atoms with van der Waals surface area (Å²) in [5.74, 6) is -0.0638. The molecule has 0 atom stereocenters. The molecule has 5 rings (SSSR count). The molecule has 1 amide bonds. The van der Waals surface area contributed by atoms with Gasteiger partial charge in [-0.2, -0.15) is 0 Å². The number of halogens is 1. The minimum absolute atomic E-state index is 0.0638. The molecule has 0 radical (unpaired) electrons. The Morgan fingerprint density at radius 1 is 1.18 bits per heavy atom. The molecule has 3 heterocycles. The first-order chi connectivity index (χ1) is 16.0. The van der Waals surface area contributed by atoms with Gasteiger partial charge in [-0.05, 0) is 61.9 Å². The fourth-order valence-corrected chi connectivity index (χ4v) is 5.47. The van der Waals surface area contributed by atoms with Gasteiger partial charge in [0.25, 0.3) is 0 Å². The van der Waals surface area contributed by atoms with E-state index < -0.39 is 0 Å². The van der Waals surface area contributed by atoms with Gasteiger partial charge >= 0.3 is 0 Å². The van der Waals surface area contributed by atoms with E-state index in [4.69, 9.17) is 11.6 Å². The van der Waals surface area contributed by atoms with E-state index in [0.29, 0.717) is 10.2 Å². The van der Waals surface area contributed by atoms with Crippen molar-refractivity contribution >= 4 is 61.1 Å². The van der Waals surface area contributed by atoms with Crippen LogP contribution in [0.5, 0.6) is 0 Å². The summed E-state index contributed by atoms with van der Waals surface area (Å²) in [4.78, 5) is 22.3. The van der Waals surface area contributed by atoms with Crippen LogP contribution in [0, 0.1) is 0 Å². The third-order valence-electron chi connectivity index (χ3n) is 6.25. The molecule has 2 aliphatic rings. The number of benzene rings is 2. The number of likely N-dealkylation sites (N-methyl/N-ethyl adjacent to an activating group) is 1. The van der Waals surface area contributed by atoms with Gasteiger partial charge in [-0.15, -0.1) is 0 Å². The van der Waals surface area contributed by atoms with Crippen molar-refractivity contribution in [3.05, 3.63) is 53.1 Å². The minimum Gasteiger partial charge on any atom is -0.385 e. The Bertz CT molecular complexity index is 1200. The molecule has 3 aromatic rings. The van der Waals surface area contributed by atoms with Crippen molar-refractivity contribution in [3.8, 4) is 0 Å². The summed E-state index contributed by atoms with van der Waals surface area (Å²) in [7, 11) is 2.16. The van der Waals surface area contributed by atoms with Crippen molar-refractivity contribution in [3.63, 3.8) is 0 Å². The van der Waals surface area contributed by atoms with Crippen LogP contribution in [-0.2, 0) is 4.79 Å². The van der Waals surface area contributed by atoms with Crippen molar-refractivity contribution in [2.24, 2.45) is 0 Å². The highest BCUT2D eigenvalue weighted by atomic mass is 35.5. The lowest BCUT2D eigenvalue weighted by Crippen LogP contribution is -2.44. The van der Waals surface area contributed by atoms with Crippen molar-refractivity contribution < 1.29 is 4.79 Å². The number of allylic oxidation sites excluding steroid dienone is 1. The summed E-state index contributed by atoms with van der Waals surface area (Å²) in [6, 6.07) is 12.2. The van der Waals surface area contributed by atoms with Gasteiger partial charge in [0.1, 0.15) is 0 Å². The molecular formula is C25H28ClN5OS. The zero-order valence-corrected chi connectivity index (χ0v) is 20.3. The van der Waals surface area contributed by atoms with E-state index in [1.807, 2.05) is 18.2 Å². The number of anilines is 3. The third kappa shape index (κ3) is 5.16. The lowest BCUT2D eigenvalue weighted by molar-refractivity contribution is -0.115. The molecule has 0 saturated carbocycles. The Kier molecular flexibility index (Phi) is 6.53. The van der Waals surface area contributed by atoms with Gasteiger partial charge < -0.3 is 20.4 Å². The lowest BCUT2D eigenvalue weighted by atomic mass is 9.97. The second kappa shape index (κ2) is 9.71. The van der Waals surface area contributed by atoms with Crippen molar-refractivity contribution in [2.75, 3.05) is 55.3 Å². The molecule has 2 N–H and O–H groups in total. The van der Waals surface area contributed by atoms with E-state index >= 15 is 0 Å². The number of fused-ring (bicyclic) bond motifs is 2. The number of nitrogens with one attached hydrogen (secondary N) is 2. The number of amides is 1. The maximum atomic E-state index is 12.9. The van der Waals surface area contributed by atoms with Gasteiger partial charge in [-0.25, -0.2) is 4.98 Å². The molecule has 8 heteroatoms. The highest BCUT2D eigenvalue weighted by Crippen LogP contribution is 2.33. The highest BCUT2D eigenvalue weighted by Gasteiger charge is 2.18. The number of thiazole rings is 1. The van der Waals surface area contributed by atoms with Crippen LogP contribution in [0.15, 0.2) is 42.5 Å². The van der Waals surface area contributed by atoms with E-state index in [-0.39, 0.29) is 12.3 Å². The number of hydrogen-bond acceptors (Lipinski definition) is 6. The molecule has 2 aromatic carbocycles. The van der Waals surface area contributed by atoms with Gasteiger partial charge in [0.05, 0.1) is 16.6 Å². The first kappa shape index (κ1) is 22.2. The number of carbonyl (C=O) groups excluding carboxylic acids is 1. The maximum Gasteiger partial charge on any atom is 0.230 e. The third-order valence-corrected chi connectivity index (χ3v) is 7.42. The number of carbonyl (C=O) groups is 1. The van der Waals surface area contributed by atoms with Gasteiger partial charge in [-0.1, -0.05) is 29.0 Å². The highest BCUT2D eigenvalue weighted by molar-refractivity contribution is 7.22.